The summed E-state index contributed by atoms with van der Waals surface area (Å²) in [6, 6.07) is 7.49. The normalized spacial score (nSPS) is 24.7. The third-order valence-electron chi connectivity index (χ3n) is 4.47. The van der Waals surface area contributed by atoms with Gasteiger partial charge >= 0.3 is 0 Å². The van der Waals surface area contributed by atoms with Crippen LogP contribution in [-0.2, 0) is 10.0 Å². The Hall–Kier alpha value is -0.910. The maximum absolute atomic E-state index is 12.4. The minimum absolute atomic E-state index is 0.0176. The van der Waals surface area contributed by atoms with E-state index in [2.05, 4.69) is 18.6 Å². The van der Waals surface area contributed by atoms with Crippen molar-refractivity contribution in [2.75, 3.05) is 0 Å². The molecule has 1 saturated carbocycles. The summed E-state index contributed by atoms with van der Waals surface area (Å²) in [5.41, 5.74) is 7.03. The summed E-state index contributed by atoms with van der Waals surface area (Å²) < 4.78 is 27.6. The van der Waals surface area contributed by atoms with Gasteiger partial charge in [0.25, 0.3) is 0 Å². The van der Waals surface area contributed by atoms with Crippen molar-refractivity contribution in [1.29, 1.82) is 0 Å². The molecule has 0 saturated heterocycles. The second-order valence-corrected chi connectivity index (χ2v) is 7.83. The summed E-state index contributed by atoms with van der Waals surface area (Å²) in [5.74, 6) is 0.453. The van der Waals surface area contributed by atoms with Gasteiger partial charge in [0.05, 0.1) is 4.90 Å². The standard InChI is InChI=1S/C16H26N2O2S/c1-3-12(2)13-4-10-16(11-5-13)21(19,20)18-15-8-6-14(17)7-9-15/h4-5,10-12,14-15,18H,3,6-9,17H2,1-2H3. The molecular formula is C16H26N2O2S. The summed E-state index contributed by atoms with van der Waals surface area (Å²) in [4.78, 5) is 0.351. The molecule has 1 atom stereocenters. The van der Waals surface area contributed by atoms with Crippen molar-refractivity contribution in [3.63, 3.8) is 0 Å². The molecule has 0 aromatic heterocycles. The molecular weight excluding hydrogens is 284 g/mol. The predicted octanol–water partition coefficient (Wildman–Crippen LogP) is 2.75. The third-order valence-corrected chi connectivity index (χ3v) is 6.00. The first-order valence-corrected chi connectivity index (χ1v) is 9.28. The zero-order valence-electron chi connectivity index (χ0n) is 12.9. The van der Waals surface area contributed by atoms with Crippen LogP contribution in [0.1, 0.15) is 57.4 Å². The molecule has 1 aliphatic rings. The lowest BCUT2D eigenvalue weighted by Gasteiger charge is -2.26. The third kappa shape index (κ3) is 4.28. The van der Waals surface area contributed by atoms with Gasteiger partial charge in [-0.2, -0.15) is 0 Å². The van der Waals surface area contributed by atoms with Crippen molar-refractivity contribution in [3.05, 3.63) is 29.8 Å². The van der Waals surface area contributed by atoms with Crippen LogP contribution in [0.15, 0.2) is 29.2 Å². The van der Waals surface area contributed by atoms with Crippen LogP contribution < -0.4 is 10.5 Å². The van der Waals surface area contributed by atoms with Crippen LogP contribution in [0.5, 0.6) is 0 Å². The van der Waals surface area contributed by atoms with Crippen LogP contribution in [0.25, 0.3) is 0 Å². The van der Waals surface area contributed by atoms with Gasteiger partial charge in [0.15, 0.2) is 0 Å². The second-order valence-electron chi connectivity index (χ2n) is 6.11. The highest BCUT2D eigenvalue weighted by molar-refractivity contribution is 7.89. The van der Waals surface area contributed by atoms with E-state index in [1.54, 1.807) is 12.1 Å². The summed E-state index contributed by atoms with van der Waals surface area (Å²) in [6.45, 7) is 4.28. The van der Waals surface area contributed by atoms with E-state index in [-0.39, 0.29) is 12.1 Å². The maximum Gasteiger partial charge on any atom is 0.240 e. The molecule has 0 spiro atoms. The van der Waals surface area contributed by atoms with E-state index in [4.69, 9.17) is 5.73 Å². The zero-order valence-corrected chi connectivity index (χ0v) is 13.7. The molecule has 0 aliphatic heterocycles. The van der Waals surface area contributed by atoms with Crippen molar-refractivity contribution in [3.8, 4) is 0 Å². The fourth-order valence-electron chi connectivity index (χ4n) is 2.74. The molecule has 1 aromatic rings. The Morgan fingerprint density at radius 2 is 1.76 bits per heavy atom. The number of hydrogen-bond acceptors (Lipinski definition) is 3. The molecule has 2 rings (SSSR count). The molecule has 0 heterocycles. The van der Waals surface area contributed by atoms with E-state index in [9.17, 15) is 8.42 Å². The SMILES string of the molecule is CCC(C)c1ccc(S(=O)(=O)NC2CCC(N)CC2)cc1. The highest BCUT2D eigenvalue weighted by Crippen LogP contribution is 2.22. The Bertz CT molecular complexity index is 546. The van der Waals surface area contributed by atoms with Crippen molar-refractivity contribution in [1.82, 2.24) is 4.72 Å². The van der Waals surface area contributed by atoms with Crippen LogP contribution >= 0.6 is 0 Å². The lowest BCUT2D eigenvalue weighted by molar-refractivity contribution is 0.373. The van der Waals surface area contributed by atoms with Crippen molar-refractivity contribution in [2.45, 2.75) is 68.8 Å². The van der Waals surface area contributed by atoms with Crippen LogP contribution in [0, 0.1) is 0 Å². The van der Waals surface area contributed by atoms with Gasteiger partial charge in [0, 0.05) is 12.1 Å². The molecule has 0 radical (unpaired) electrons. The zero-order chi connectivity index (χ0) is 15.5. The smallest absolute Gasteiger partial charge is 0.240 e. The first kappa shape index (κ1) is 16.5. The first-order chi connectivity index (χ1) is 9.92. The molecule has 0 amide bonds. The van der Waals surface area contributed by atoms with Gasteiger partial charge in [0.1, 0.15) is 0 Å². The monoisotopic (exact) mass is 310 g/mol. The highest BCUT2D eigenvalue weighted by Gasteiger charge is 2.24. The molecule has 1 fully saturated rings. The van der Waals surface area contributed by atoms with Gasteiger partial charge in [-0.1, -0.05) is 26.0 Å². The maximum atomic E-state index is 12.4. The van der Waals surface area contributed by atoms with Gasteiger partial charge in [0.2, 0.25) is 10.0 Å². The van der Waals surface area contributed by atoms with E-state index in [0.717, 1.165) is 32.1 Å². The number of nitrogens with one attached hydrogen (secondary N) is 1. The highest BCUT2D eigenvalue weighted by atomic mass is 32.2. The average molecular weight is 310 g/mol. The number of nitrogens with two attached hydrogens (primary N) is 1. The molecule has 5 heteroatoms. The van der Waals surface area contributed by atoms with Crippen LogP contribution in [0.3, 0.4) is 0 Å². The molecule has 3 N–H and O–H groups in total. The largest absolute Gasteiger partial charge is 0.328 e. The molecule has 1 aromatic carbocycles. The van der Waals surface area contributed by atoms with Crippen molar-refractivity contribution in [2.24, 2.45) is 5.73 Å². The lowest BCUT2D eigenvalue weighted by atomic mass is 9.93. The van der Waals surface area contributed by atoms with E-state index < -0.39 is 10.0 Å². The predicted molar refractivity (Wildman–Crippen MR) is 85.7 cm³/mol. The van der Waals surface area contributed by atoms with Crippen LogP contribution in [0.2, 0.25) is 0 Å². The van der Waals surface area contributed by atoms with Gasteiger partial charge in [-0.25, -0.2) is 13.1 Å². The van der Waals surface area contributed by atoms with Crippen molar-refractivity contribution < 1.29 is 8.42 Å². The number of sulfonamides is 1. The number of benzene rings is 1. The van der Waals surface area contributed by atoms with Crippen LogP contribution in [-0.4, -0.2) is 20.5 Å². The van der Waals surface area contributed by atoms with Gasteiger partial charge in [-0.3, -0.25) is 0 Å². The number of rotatable bonds is 5. The molecule has 1 aliphatic carbocycles. The molecule has 4 nitrogen and oxygen atoms in total. The molecule has 118 valence electrons. The Morgan fingerprint density at radius 3 is 2.29 bits per heavy atom. The minimum atomic E-state index is -3.42. The van der Waals surface area contributed by atoms with Gasteiger partial charge in [-0.05, 0) is 55.7 Å². The van der Waals surface area contributed by atoms with Gasteiger partial charge in [-0.15, -0.1) is 0 Å². The fraction of sp³-hybridized carbons (Fsp3) is 0.625. The molecule has 1 unspecified atom stereocenters. The van der Waals surface area contributed by atoms with E-state index >= 15 is 0 Å². The molecule has 0 bridgehead atoms. The Balaban J connectivity index is 2.05. The Morgan fingerprint density at radius 1 is 1.19 bits per heavy atom. The number of hydrogen-bond donors (Lipinski definition) is 2. The Labute approximate surface area is 128 Å². The Kier molecular flexibility index (Phi) is 5.41. The topological polar surface area (TPSA) is 72.2 Å². The van der Waals surface area contributed by atoms with E-state index in [1.807, 2.05) is 12.1 Å². The van der Waals surface area contributed by atoms with Gasteiger partial charge < -0.3 is 5.73 Å². The minimum Gasteiger partial charge on any atom is -0.328 e. The summed E-state index contributed by atoms with van der Waals surface area (Å²) in [7, 11) is -3.42. The molecule has 21 heavy (non-hydrogen) atoms. The first-order valence-electron chi connectivity index (χ1n) is 7.80. The van der Waals surface area contributed by atoms with E-state index in [0.29, 0.717) is 10.8 Å². The second kappa shape index (κ2) is 6.90. The summed E-state index contributed by atoms with van der Waals surface area (Å²) in [6.07, 6.45) is 4.48. The van der Waals surface area contributed by atoms with Crippen LogP contribution in [0.4, 0.5) is 0 Å². The quantitative estimate of drug-likeness (QED) is 0.878. The summed E-state index contributed by atoms with van der Waals surface area (Å²) >= 11 is 0. The van der Waals surface area contributed by atoms with E-state index in [1.165, 1.54) is 5.56 Å². The van der Waals surface area contributed by atoms with Crippen molar-refractivity contribution >= 4 is 10.0 Å². The summed E-state index contributed by atoms with van der Waals surface area (Å²) in [5, 5.41) is 0. The fourth-order valence-corrected chi connectivity index (χ4v) is 4.04. The average Bonchev–Trinajstić information content (AvgIpc) is 2.49. The lowest BCUT2D eigenvalue weighted by Crippen LogP contribution is -2.40.